The minimum atomic E-state index is -7.45. The molecule has 0 amide bonds. The van der Waals surface area contributed by atoms with Crippen LogP contribution in [0.4, 0.5) is 50.9 Å². The molecule has 3 N–H and O–H groups in total. The maximum Gasteiger partial charge on any atom is 0.460 e. The van der Waals surface area contributed by atoms with Crippen molar-refractivity contribution >= 4 is 32.3 Å². The highest BCUT2D eigenvalue weighted by Crippen LogP contribution is 2.54. The fourth-order valence-corrected chi connectivity index (χ4v) is 8.65. The van der Waals surface area contributed by atoms with Crippen LogP contribution in [0.1, 0.15) is 30.0 Å². The smallest absolute Gasteiger partial charge is 0.460 e. The topological polar surface area (TPSA) is 130 Å². The van der Waals surface area contributed by atoms with Crippen LogP contribution in [0.2, 0.25) is 0 Å². The number of hydrogen-bond acceptors (Lipinski definition) is 9. The second kappa shape index (κ2) is 15.2. The van der Waals surface area contributed by atoms with E-state index in [9.17, 15) is 57.5 Å². The molecule has 1 aromatic heterocycles. The summed E-state index contributed by atoms with van der Waals surface area (Å²) in [7, 11) is -5.51. The largest absolute Gasteiger partial charge is 0.497 e. The molecule has 1 unspecified atom stereocenters. The average Bonchev–Trinajstić information content (AvgIpc) is 3.18. The zero-order valence-corrected chi connectivity index (χ0v) is 30.7. The molecule has 57 heavy (non-hydrogen) atoms. The van der Waals surface area contributed by atoms with Gasteiger partial charge in [0, 0.05) is 36.8 Å². The highest BCUT2D eigenvalue weighted by molar-refractivity contribution is 7.90. The molecule has 6 atom stereocenters. The minimum absolute atomic E-state index is 0.197. The number of nitrogens with one attached hydrogen (secondary N) is 3. The number of aromatic nitrogens is 1. The van der Waals surface area contributed by atoms with Gasteiger partial charge in [0.15, 0.2) is 0 Å². The van der Waals surface area contributed by atoms with Gasteiger partial charge in [-0.3, -0.25) is 19.5 Å². The first-order valence-corrected chi connectivity index (χ1v) is 19.0. The van der Waals surface area contributed by atoms with Crippen LogP contribution >= 0.6 is 0 Å². The number of nitrogens with zero attached hydrogens (tertiary/aromatic N) is 2. The Morgan fingerprint density at radius 2 is 1.61 bits per heavy atom. The van der Waals surface area contributed by atoms with Crippen molar-refractivity contribution in [1.82, 2.24) is 14.6 Å². The van der Waals surface area contributed by atoms with Gasteiger partial charge in [0.2, 0.25) is 0 Å². The summed E-state index contributed by atoms with van der Waals surface area (Å²) >= 11 is 0. The van der Waals surface area contributed by atoms with Crippen molar-refractivity contribution in [3.8, 4) is 5.75 Å². The van der Waals surface area contributed by atoms with Gasteiger partial charge in [-0.25, -0.2) is 13.1 Å². The van der Waals surface area contributed by atoms with Gasteiger partial charge < -0.3 is 15.4 Å². The molecular formula is C37H36F9N5O5S. The van der Waals surface area contributed by atoms with E-state index in [4.69, 9.17) is 4.74 Å². The molecule has 3 saturated heterocycles. The predicted molar refractivity (Wildman–Crippen MR) is 193 cm³/mol. The number of sulfonamides is 1. The lowest BCUT2D eigenvalue weighted by Crippen LogP contribution is -2.65. The molecule has 0 spiro atoms. The number of anilines is 2. The van der Waals surface area contributed by atoms with Gasteiger partial charge in [-0.15, -0.1) is 6.58 Å². The van der Waals surface area contributed by atoms with E-state index < -0.39 is 68.5 Å². The highest BCUT2D eigenvalue weighted by atomic mass is 32.2. The van der Waals surface area contributed by atoms with Crippen molar-refractivity contribution in [2.75, 3.05) is 37.4 Å². The molecule has 308 valence electrons. The zero-order chi connectivity index (χ0) is 41.7. The lowest BCUT2D eigenvalue weighted by Gasteiger charge is -2.52. The number of benzene rings is 2. The average molecular weight is 834 g/mol. The second-order valence-electron chi connectivity index (χ2n) is 14.1. The van der Waals surface area contributed by atoms with Crippen molar-refractivity contribution in [3.05, 3.63) is 105 Å². The molecule has 4 aromatic rings. The Balaban J connectivity index is 1.35. The molecule has 20 heteroatoms. The summed E-state index contributed by atoms with van der Waals surface area (Å²) in [4.78, 5) is 33.1. The lowest BCUT2D eigenvalue weighted by atomic mass is 9.73. The molecule has 0 radical (unpaired) electrons. The molecule has 2 bridgehead atoms. The van der Waals surface area contributed by atoms with Gasteiger partial charge in [-0.05, 0) is 73.0 Å². The molecule has 0 saturated carbocycles. The number of alkyl halides is 9. The number of fused-ring (bicyclic) bond motifs is 4. The SMILES string of the molecule is C=C[C@H]1CN2CC[C@H]1C[C@H]2[C@@H](Nc1c(N[C@H](CNS(=O)(=O)C(F)(F)C(F)(F)C(F)(F)C(F)(F)F)Cc2ccccc2)c(=O)c1=O)c1ccnc2ccc(OC)cc12. The van der Waals surface area contributed by atoms with Crippen LogP contribution in [0.15, 0.2) is 83.0 Å². The predicted octanol–water partition coefficient (Wildman–Crippen LogP) is 6.26. The Kier molecular flexibility index (Phi) is 11.2. The molecular weight excluding hydrogens is 797 g/mol. The zero-order valence-electron chi connectivity index (χ0n) is 29.9. The van der Waals surface area contributed by atoms with E-state index in [1.807, 2.05) is 6.08 Å². The number of methoxy groups -OCH3 is 1. The molecule has 10 nitrogen and oxygen atoms in total. The third kappa shape index (κ3) is 7.46. The first-order valence-electron chi connectivity index (χ1n) is 17.5. The maximum absolute atomic E-state index is 14.6. The molecule has 4 heterocycles. The van der Waals surface area contributed by atoms with Gasteiger partial charge in [0.25, 0.3) is 20.9 Å². The number of ether oxygens (including phenoxy) is 1. The van der Waals surface area contributed by atoms with E-state index in [1.165, 1.54) is 31.4 Å². The summed E-state index contributed by atoms with van der Waals surface area (Å²) in [6, 6.07) is 12.0. The van der Waals surface area contributed by atoms with Crippen LogP contribution in [-0.4, -0.2) is 80.4 Å². The monoisotopic (exact) mass is 833 g/mol. The Morgan fingerprint density at radius 3 is 2.21 bits per heavy atom. The van der Waals surface area contributed by atoms with Crippen molar-refractivity contribution < 1.29 is 52.7 Å². The maximum atomic E-state index is 14.6. The Labute approximate surface area is 319 Å². The Morgan fingerprint density at radius 1 is 0.947 bits per heavy atom. The summed E-state index contributed by atoms with van der Waals surface area (Å²) in [6.45, 7) is 3.98. The Hall–Kier alpha value is -4.69. The van der Waals surface area contributed by atoms with Gasteiger partial charge >= 0.3 is 23.3 Å². The van der Waals surface area contributed by atoms with E-state index >= 15 is 0 Å². The van der Waals surface area contributed by atoms with E-state index in [2.05, 4.69) is 27.1 Å². The fraction of sp³-hybridized carbons (Fsp3) is 0.432. The van der Waals surface area contributed by atoms with Crippen molar-refractivity contribution in [2.24, 2.45) is 11.8 Å². The van der Waals surface area contributed by atoms with Gasteiger partial charge in [0.05, 0.1) is 18.7 Å². The van der Waals surface area contributed by atoms with Crippen molar-refractivity contribution in [1.29, 1.82) is 0 Å². The summed E-state index contributed by atoms with van der Waals surface area (Å²) in [6.07, 6.45) is -2.61. The van der Waals surface area contributed by atoms with Gasteiger partial charge in [0.1, 0.15) is 17.1 Å². The molecule has 3 aliphatic heterocycles. The Bertz CT molecular complexity index is 2300. The second-order valence-corrected chi connectivity index (χ2v) is 15.9. The fourth-order valence-electron chi connectivity index (χ4n) is 7.58. The summed E-state index contributed by atoms with van der Waals surface area (Å²) < 4.78 is 154. The van der Waals surface area contributed by atoms with Gasteiger partial charge in [-0.2, -0.15) is 39.5 Å². The lowest BCUT2D eigenvalue weighted by molar-refractivity contribution is -0.382. The van der Waals surface area contributed by atoms with Gasteiger partial charge in [-0.1, -0.05) is 36.4 Å². The van der Waals surface area contributed by atoms with Crippen molar-refractivity contribution in [2.45, 2.75) is 60.7 Å². The number of rotatable bonds is 16. The minimum Gasteiger partial charge on any atom is -0.497 e. The first kappa shape index (κ1) is 41.9. The van der Waals surface area contributed by atoms with Crippen LogP contribution in [0, 0.1) is 11.8 Å². The molecule has 3 fully saturated rings. The summed E-state index contributed by atoms with van der Waals surface area (Å²) in [5, 5.41) is -0.519. The number of pyridine rings is 1. The van der Waals surface area contributed by atoms with Crippen LogP contribution in [-0.2, 0) is 16.4 Å². The normalized spacial score (nSPS) is 21.6. The molecule has 0 aliphatic carbocycles. The van der Waals surface area contributed by atoms with Crippen LogP contribution < -0.4 is 31.0 Å². The number of halogens is 9. The number of piperidine rings is 3. The number of hydrogen-bond donors (Lipinski definition) is 3. The summed E-state index contributed by atoms with van der Waals surface area (Å²) in [5.41, 5.74) is -1.21. The van der Waals surface area contributed by atoms with Crippen LogP contribution in [0.5, 0.6) is 5.75 Å². The first-order chi connectivity index (χ1) is 26.6. The van der Waals surface area contributed by atoms with E-state index in [1.54, 1.807) is 36.5 Å². The molecule has 3 aromatic carbocycles. The summed E-state index contributed by atoms with van der Waals surface area (Å²) in [5.74, 6) is -14.0. The van der Waals surface area contributed by atoms with E-state index in [-0.39, 0.29) is 30.0 Å². The molecule has 3 aliphatic rings. The third-order valence-corrected chi connectivity index (χ3v) is 12.2. The molecule has 7 rings (SSSR count). The quantitative estimate of drug-likeness (QED) is 0.0682. The van der Waals surface area contributed by atoms with Crippen molar-refractivity contribution in [3.63, 3.8) is 0 Å². The van der Waals surface area contributed by atoms with Crippen LogP contribution in [0.25, 0.3) is 10.9 Å². The highest BCUT2D eigenvalue weighted by Gasteiger charge is 2.85. The van der Waals surface area contributed by atoms with Crippen LogP contribution in [0.3, 0.4) is 0 Å². The standard InChI is InChI=1S/C37H36F9N5O5S/c1-3-21-19-51-14-12-22(21)16-28(51)29(25-11-13-47-27-10-9-24(56-2)17-26(25)27)50-31-30(32(52)33(31)53)49-23(15-20-7-5-4-6-8-20)18-48-57(54,55)37(45,46)35(40,41)34(38,39)36(42,43)44/h3-11,13,17,21-23,28-29,48-50H,1,12,14-16,18-19H2,2H3/t21-,22-,23-,28-,29-/m0/s1. The third-order valence-electron chi connectivity index (χ3n) is 10.7. The van der Waals surface area contributed by atoms with E-state index in [0.29, 0.717) is 47.3 Å². The van der Waals surface area contributed by atoms with E-state index in [0.717, 1.165) is 11.1 Å².